The Morgan fingerprint density at radius 1 is 1.67 bits per heavy atom. The highest BCUT2D eigenvalue weighted by Gasteiger charge is 2.19. The fraction of sp³-hybridized carbons (Fsp3) is 0.692. The molecule has 0 spiro atoms. The number of thiazole rings is 1. The minimum atomic E-state index is -0.145. The summed E-state index contributed by atoms with van der Waals surface area (Å²) in [6.45, 7) is 3.92. The number of esters is 1. The number of hydrogen-bond donors (Lipinski definition) is 0. The molecular weight excluding hydrogens is 250 g/mol. The third kappa shape index (κ3) is 3.78. The molecule has 1 unspecified atom stereocenters. The number of ether oxygens (including phenoxy) is 2. The zero-order valence-corrected chi connectivity index (χ0v) is 11.5. The molecule has 1 aliphatic heterocycles. The van der Waals surface area contributed by atoms with Crippen LogP contribution in [0.25, 0.3) is 0 Å². The van der Waals surface area contributed by atoms with E-state index in [1.807, 2.05) is 12.3 Å². The van der Waals surface area contributed by atoms with Crippen molar-refractivity contribution in [2.45, 2.75) is 38.5 Å². The number of aryl methyl sites for hydroxylation is 1. The van der Waals surface area contributed by atoms with Crippen molar-refractivity contribution in [2.75, 3.05) is 19.8 Å². The molecule has 0 N–H and O–H groups in total. The van der Waals surface area contributed by atoms with Gasteiger partial charge in [0.05, 0.1) is 30.3 Å². The Morgan fingerprint density at radius 2 is 2.56 bits per heavy atom. The van der Waals surface area contributed by atoms with Crippen molar-refractivity contribution in [3.05, 3.63) is 16.1 Å². The van der Waals surface area contributed by atoms with E-state index in [1.165, 1.54) is 0 Å². The highest BCUT2D eigenvalue weighted by Crippen LogP contribution is 2.28. The second-order valence-electron chi connectivity index (χ2n) is 4.40. The van der Waals surface area contributed by atoms with Gasteiger partial charge in [-0.2, -0.15) is 0 Å². The van der Waals surface area contributed by atoms with Crippen LogP contribution in [0.3, 0.4) is 0 Å². The van der Waals surface area contributed by atoms with Crippen LogP contribution < -0.4 is 0 Å². The van der Waals surface area contributed by atoms with Crippen molar-refractivity contribution in [3.63, 3.8) is 0 Å². The van der Waals surface area contributed by atoms with Gasteiger partial charge in [-0.25, -0.2) is 4.98 Å². The predicted octanol–water partition coefficient (Wildman–Crippen LogP) is 2.53. The number of rotatable bonds is 5. The predicted molar refractivity (Wildman–Crippen MR) is 69.9 cm³/mol. The van der Waals surface area contributed by atoms with Crippen molar-refractivity contribution < 1.29 is 14.3 Å². The molecule has 1 fully saturated rings. The van der Waals surface area contributed by atoms with Crippen LogP contribution in [0.2, 0.25) is 0 Å². The Morgan fingerprint density at radius 3 is 3.28 bits per heavy atom. The lowest BCUT2D eigenvalue weighted by Crippen LogP contribution is -2.15. The second-order valence-corrected chi connectivity index (χ2v) is 5.29. The lowest BCUT2D eigenvalue weighted by atomic mass is 10.0. The third-order valence-corrected chi connectivity index (χ3v) is 4.03. The molecule has 5 heteroatoms. The molecule has 2 rings (SSSR count). The largest absolute Gasteiger partial charge is 0.466 e. The van der Waals surface area contributed by atoms with Gasteiger partial charge in [-0.15, -0.1) is 11.3 Å². The molecular formula is C13H19NO3S. The van der Waals surface area contributed by atoms with Crippen LogP contribution in [0.5, 0.6) is 0 Å². The molecule has 0 saturated carbocycles. The van der Waals surface area contributed by atoms with Crippen LogP contribution in [0, 0.1) is 0 Å². The minimum absolute atomic E-state index is 0.145. The van der Waals surface area contributed by atoms with Crippen molar-refractivity contribution >= 4 is 17.3 Å². The number of nitrogens with zero attached hydrogens (tertiary/aromatic N) is 1. The van der Waals surface area contributed by atoms with Crippen molar-refractivity contribution in [2.24, 2.45) is 0 Å². The Bertz CT molecular complexity index is 385. The van der Waals surface area contributed by atoms with E-state index in [1.54, 1.807) is 11.3 Å². The van der Waals surface area contributed by atoms with Gasteiger partial charge in [-0.05, 0) is 19.8 Å². The Kier molecular flexibility index (Phi) is 5.13. The maximum atomic E-state index is 11.3. The van der Waals surface area contributed by atoms with Crippen molar-refractivity contribution in [3.8, 4) is 0 Å². The summed E-state index contributed by atoms with van der Waals surface area (Å²) in [6.07, 6.45) is 3.36. The topological polar surface area (TPSA) is 48.4 Å². The second kappa shape index (κ2) is 6.85. The highest BCUT2D eigenvalue weighted by atomic mass is 32.1. The monoisotopic (exact) mass is 269 g/mol. The van der Waals surface area contributed by atoms with Crippen molar-refractivity contribution in [1.29, 1.82) is 0 Å². The van der Waals surface area contributed by atoms with Gasteiger partial charge in [0, 0.05) is 24.3 Å². The van der Waals surface area contributed by atoms with Crippen LogP contribution in [0.15, 0.2) is 5.38 Å². The van der Waals surface area contributed by atoms with E-state index < -0.39 is 0 Å². The zero-order valence-electron chi connectivity index (χ0n) is 10.7. The summed E-state index contributed by atoms with van der Waals surface area (Å²) < 4.78 is 10.4. The quantitative estimate of drug-likeness (QED) is 0.771. The molecule has 0 aliphatic carbocycles. The smallest absolute Gasteiger partial charge is 0.306 e. The fourth-order valence-corrected chi connectivity index (χ4v) is 3.00. The minimum Gasteiger partial charge on any atom is -0.466 e. The molecule has 1 saturated heterocycles. The van der Waals surface area contributed by atoms with Crippen LogP contribution in [-0.2, 0) is 20.7 Å². The molecule has 0 amide bonds. The molecule has 0 aromatic carbocycles. The summed E-state index contributed by atoms with van der Waals surface area (Å²) in [7, 11) is 0. The normalized spacial score (nSPS) is 19.7. The van der Waals surface area contributed by atoms with E-state index in [9.17, 15) is 4.79 Å². The summed E-state index contributed by atoms with van der Waals surface area (Å²) in [5.74, 6) is 0.299. The first-order valence-electron chi connectivity index (χ1n) is 6.47. The molecule has 18 heavy (non-hydrogen) atoms. The summed E-state index contributed by atoms with van der Waals surface area (Å²) in [4.78, 5) is 15.9. The summed E-state index contributed by atoms with van der Waals surface area (Å²) in [6, 6.07) is 0. The maximum absolute atomic E-state index is 11.3. The zero-order chi connectivity index (χ0) is 12.8. The van der Waals surface area contributed by atoms with Crippen LogP contribution in [0.1, 0.15) is 42.8 Å². The van der Waals surface area contributed by atoms with Crippen LogP contribution >= 0.6 is 11.3 Å². The number of aromatic nitrogens is 1. The maximum Gasteiger partial charge on any atom is 0.306 e. The van der Waals surface area contributed by atoms with E-state index in [0.29, 0.717) is 25.4 Å². The molecule has 2 heterocycles. The average Bonchev–Trinajstić information content (AvgIpc) is 2.87. The standard InChI is InChI=1S/C13H19NO3S/c1-2-17-12(15)6-5-11-9-18-13(14-11)10-4-3-7-16-8-10/h9-10H,2-8H2,1H3. The van der Waals surface area contributed by atoms with Gasteiger partial charge < -0.3 is 9.47 Å². The number of hydrogen-bond acceptors (Lipinski definition) is 5. The first-order valence-corrected chi connectivity index (χ1v) is 7.35. The summed E-state index contributed by atoms with van der Waals surface area (Å²) >= 11 is 1.68. The van der Waals surface area contributed by atoms with Crippen LogP contribution in [-0.4, -0.2) is 30.8 Å². The lowest BCUT2D eigenvalue weighted by molar-refractivity contribution is -0.143. The summed E-state index contributed by atoms with van der Waals surface area (Å²) in [5.41, 5.74) is 0.994. The Hall–Kier alpha value is -0.940. The average molecular weight is 269 g/mol. The van der Waals surface area contributed by atoms with Crippen molar-refractivity contribution in [1.82, 2.24) is 4.98 Å². The molecule has 1 atom stereocenters. The van der Waals surface area contributed by atoms with Crippen LogP contribution in [0.4, 0.5) is 0 Å². The molecule has 1 aliphatic rings. The van der Waals surface area contributed by atoms with E-state index in [4.69, 9.17) is 9.47 Å². The fourth-order valence-electron chi connectivity index (χ4n) is 2.02. The van der Waals surface area contributed by atoms with E-state index in [-0.39, 0.29) is 5.97 Å². The van der Waals surface area contributed by atoms with Gasteiger partial charge in [0.25, 0.3) is 0 Å². The van der Waals surface area contributed by atoms with Gasteiger partial charge in [-0.3, -0.25) is 4.79 Å². The molecule has 0 radical (unpaired) electrons. The molecule has 100 valence electrons. The molecule has 1 aromatic rings. The van der Waals surface area contributed by atoms with E-state index in [2.05, 4.69) is 4.98 Å². The number of carbonyl (C=O) groups is 1. The first-order chi connectivity index (χ1) is 8.79. The third-order valence-electron chi connectivity index (χ3n) is 2.97. The SMILES string of the molecule is CCOC(=O)CCc1csc(C2CCCOC2)n1. The molecule has 4 nitrogen and oxygen atoms in total. The van der Waals surface area contributed by atoms with E-state index in [0.717, 1.165) is 36.8 Å². The van der Waals surface area contributed by atoms with Gasteiger partial charge in [0.15, 0.2) is 0 Å². The van der Waals surface area contributed by atoms with E-state index >= 15 is 0 Å². The Balaban J connectivity index is 1.83. The van der Waals surface area contributed by atoms with Gasteiger partial charge in [0.1, 0.15) is 0 Å². The first kappa shape index (κ1) is 13.5. The van der Waals surface area contributed by atoms with Gasteiger partial charge in [0.2, 0.25) is 0 Å². The summed E-state index contributed by atoms with van der Waals surface area (Å²) in [5, 5.41) is 3.19. The molecule has 1 aromatic heterocycles. The Labute approximate surface area is 111 Å². The molecule has 0 bridgehead atoms. The lowest BCUT2D eigenvalue weighted by Gasteiger charge is -2.19. The number of carbonyl (C=O) groups excluding carboxylic acids is 1. The van der Waals surface area contributed by atoms with Gasteiger partial charge in [-0.1, -0.05) is 0 Å². The van der Waals surface area contributed by atoms with Gasteiger partial charge >= 0.3 is 5.97 Å². The highest BCUT2D eigenvalue weighted by molar-refractivity contribution is 7.09.